The standard InChI is InChI=1S/C10H13NO2S/c1-7-5-9(8(2)14-7)10(6-11)13-4-3-12/h5,10,12H,3-4H2,1-2H3. The van der Waals surface area contributed by atoms with Crippen LogP contribution in [0.1, 0.15) is 21.4 Å². The Bertz CT molecular complexity index is 340. The van der Waals surface area contributed by atoms with E-state index in [4.69, 9.17) is 15.1 Å². The molecule has 1 aromatic heterocycles. The maximum atomic E-state index is 8.89. The van der Waals surface area contributed by atoms with Crippen LogP contribution in [-0.2, 0) is 4.74 Å². The Labute approximate surface area is 87.6 Å². The summed E-state index contributed by atoms with van der Waals surface area (Å²) in [5, 5.41) is 17.5. The highest BCUT2D eigenvalue weighted by molar-refractivity contribution is 7.12. The Hall–Kier alpha value is -0.890. The van der Waals surface area contributed by atoms with E-state index in [1.165, 1.54) is 4.88 Å². The number of nitriles is 1. The molecule has 1 aromatic rings. The summed E-state index contributed by atoms with van der Waals surface area (Å²) in [5.74, 6) is 0. The van der Waals surface area contributed by atoms with Gasteiger partial charge in [0.15, 0.2) is 6.10 Å². The highest BCUT2D eigenvalue weighted by atomic mass is 32.1. The minimum atomic E-state index is -0.549. The largest absolute Gasteiger partial charge is 0.394 e. The molecule has 0 bridgehead atoms. The molecular weight excluding hydrogens is 198 g/mol. The van der Waals surface area contributed by atoms with Crippen LogP contribution in [0.25, 0.3) is 0 Å². The Kier molecular flexibility index (Phi) is 4.08. The minimum Gasteiger partial charge on any atom is -0.394 e. The predicted molar refractivity (Wildman–Crippen MR) is 55.2 cm³/mol. The maximum Gasteiger partial charge on any atom is 0.170 e. The molecule has 14 heavy (non-hydrogen) atoms. The van der Waals surface area contributed by atoms with Crippen LogP contribution < -0.4 is 0 Å². The molecule has 0 radical (unpaired) electrons. The summed E-state index contributed by atoms with van der Waals surface area (Å²) in [7, 11) is 0. The molecule has 1 rings (SSSR count). The first-order chi connectivity index (χ1) is 6.69. The van der Waals surface area contributed by atoms with Crippen molar-refractivity contribution in [1.82, 2.24) is 0 Å². The van der Waals surface area contributed by atoms with Gasteiger partial charge in [-0.15, -0.1) is 11.3 Å². The molecule has 0 saturated heterocycles. The molecule has 76 valence electrons. The monoisotopic (exact) mass is 211 g/mol. The summed E-state index contributed by atoms with van der Waals surface area (Å²) in [6, 6.07) is 4.04. The number of ether oxygens (including phenoxy) is 1. The van der Waals surface area contributed by atoms with Gasteiger partial charge < -0.3 is 9.84 Å². The quantitative estimate of drug-likeness (QED) is 0.828. The van der Waals surface area contributed by atoms with Crippen LogP contribution >= 0.6 is 11.3 Å². The van der Waals surface area contributed by atoms with Gasteiger partial charge in [0.25, 0.3) is 0 Å². The number of hydrogen-bond donors (Lipinski definition) is 1. The van der Waals surface area contributed by atoms with Gasteiger partial charge in [0.05, 0.1) is 19.3 Å². The highest BCUT2D eigenvalue weighted by Crippen LogP contribution is 2.27. The third-order valence-corrected chi connectivity index (χ3v) is 2.84. The van der Waals surface area contributed by atoms with Crippen LogP contribution in [0.4, 0.5) is 0 Å². The van der Waals surface area contributed by atoms with Crippen LogP contribution in [-0.4, -0.2) is 18.3 Å². The Morgan fingerprint density at radius 1 is 1.64 bits per heavy atom. The van der Waals surface area contributed by atoms with Crippen molar-refractivity contribution in [3.63, 3.8) is 0 Å². The molecule has 0 aromatic carbocycles. The average Bonchev–Trinajstić information content (AvgIpc) is 2.47. The number of aliphatic hydroxyl groups is 1. The lowest BCUT2D eigenvalue weighted by molar-refractivity contribution is 0.0580. The third kappa shape index (κ3) is 2.55. The zero-order valence-electron chi connectivity index (χ0n) is 8.28. The first kappa shape index (κ1) is 11.2. The van der Waals surface area contributed by atoms with Crippen LogP contribution in [0.5, 0.6) is 0 Å². The Morgan fingerprint density at radius 3 is 2.79 bits per heavy atom. The van der Waals surface area contributed by atoms with E-state index in [1.54, 1.807) is 11.3 Å². The summed E-state index contributed by atoms with van der Waals surface area (Å²) in [6.07, 6.45) is -0.549. The summed E-state index contributed by atoms with van der Waals surface area (Å²) < 4.78 is 5.22. The van der Waals surface area contributed by atoms with Gasteiger partial charge in [0, 0.05) is 15.3 Å². The van der Waals surface area contributed by atoms with Crippen LogP contribution in [0.3, 0.4) is 0 Å². The second kappa shape index (κ2) is 5.11. The van der Waals surface area contributed by atoms with Gasteiger partial charge in [-0.05, 0) is 19.9 Å². The molecule has 0 spiro atoms. The lowest BCUT2D eigenvalue weighted by atomic mass is 10.1. The molecule has 0 saturated carbocycles. The maximum absolute atomic E-state index is 8.89. The lowest BCUT2D eigenvalue weighted by Crippen LogP contribution is -2.06. The molecule has 0 amide bonds. The molecule has 0 fully saturated rings. The molecule has 4 heteroatoms. The van der Waals surface area contributed by atoms with E-state index in [-0.39, 0.29) is 13.2 Å². The molecule has 1 heterocycles. The van der Waals surface area contributed by atoms with E-state index >= 15 is 0 Å². The zero-order chi connectivity index (χ0) is 10.6. The van der Waals surface area contributed by atoms with E-state index in [0.717, 1.165) is 10.4 Å². The summed E-state index contributed by atoms with van der Waals surface area (Å²) in [6.45, 7) is 4.12. The number of nitrogens with zero attached hydrogens (tertiary/aromatic N) is 1. The van der Waals surface area contributed by atoms with Crippen molar-refractivity contribution in [3.05, 3.63) is 21.4 Å². The second-order valence-corrected chi connectivity index (χ2v) is 4.43. The van der Waals surface area contributed by atoms with Crippen LogP contribution in [0.2, 0.25) is 0 Å². The first-order valence-corrected chi connectivity index (χ1v) is 5.19. The van der Waals surface area contributed by atoms with Gasteiger partial charge in [-0.1, -0.05) is 0 Å². The van der Waals surface area contributed by atoms with E-state index in [1.807, 2.05) is 19.9 Å². The van der Waals surface area contributed by atoms with Crippen molar-refractivity contribution in [2.24, 2.45) is 0 Å². The van der Waals surface area contributed by atoms with E-state index in [0.29, 0.717) is 0 Å². The van der Waals surface area contributed by atoms with E-state index < -0.39 is 6.10 Å². The highest BCUT2D eigenvalue weighted by Gasteiger charge is 2.15. The number of aliphatic hydroxyl groups excluding tert-OH is 1. The summed E-state index contributed by atoms with van der Waals surface area (Å²) in [4.78, 5) is 2.28. The van der Waals surface area contributed by atoms with Gasteiger partial charge >= 0.3 is 0 Å². The summed E-state index contributed by atoms with van der Waals surface area (Å²) >= 11 is 1.65. The van der Waals surface area contributed by atoms with Crippen LogP contribution in [0, 0.1) is 25.2 Å². The molecule has 3 nitrogen and oxygen atoms in total. The lowest BCUT2D eigenvalue weighted by Gasteiger charge is -2.08. The molecule has 1 N–H and O–H groups in total. The van der Waals surface area contributed by atoms with Gasteiger partial charge in [0.2, 0.25) is 0 Å². The number of rotatable bonds is 4. The Balaban J connectivity index is 2.79. The topological polar surface area (TPSA) is 53.2 Å². The smallest absolute Gasteiger partial charge is 0.170 e. The summed E-state index contributed by atoms with van der Waals surface area (Å²) in [5.41, 5.74) is 0.920. The normalized spacial score (nSPS) is 12.4. The zero-order valence-corrected chi connectivity index (χ0v) is 9.10. The van der Waals surface area contributed by atoms with Gasteiger partial charge in [0.1, 0.15) is 0 Å². The van der Waals surface area contributed by atoms with E-state index in [2.05, 4.69) is 6.07 Å². The van der Waals surface area contributed by atoms with Gasteiger partial charge in [-0.25, -0.2) is 0 Å². The van der Waals surface area contributed by atoms with Crippen molar-refractivity contribution in [2.75, 3.05) is 13.2 Å². The molecule has 0 aliphatic rings. The molecular formula is C10H13NO2S. The van der Waals surface area contributed by atoms with Crippen molar-refractivity contribution >= 4 is 11.3 Å². The van der Waals surface area contributed by atoms with Crippen LogP contribution in [0.15, 0.2) is 6.07 Å². The fourth-order valence-electron chi connectivity index (χ4n) is 1.28. The number of thiophene rings is 1. The van der Waals surface area contributed by atoms with E-state index in [9.17, 15) is 0 Å². The molecule has 1 atom stereocenters. The van der Waals surface area contributed by atoms with Gasteiger partial charge in [-0.3, -0.25) is 0 Å². The third-order valence-electron chi connectivity index (χ3n) is 1.85. The fourth-order valence-corrected chi connectivity index (χ4v) is 2.23. The molecule has 1 unspecified atom stereocenters. The average molecular weight is 211 g/mol. The van der Waals surface area contributed by atoms with Gasteiger partial charge in [-0.2, -0.15) is 5.26 Å². The second-order valence-electron chi connectivity index (χ2n) is 2.97. The van der Waals surface area contributed by atoms with Crippen molar-refractivity contribution < 1.29 is 9.84 Å². The van der Waals surface area contributed by atoms with Crippen molar-refractivity contribution in [1.29, 1.82) is 5.26 Å². The first-order valence-electron chi connectivity index (χ1n) is 4.38. The van der Waals surface area contributed by atoms with Crippen molar-refractivity contribution in [2.45, 2.75) is 20.0 Å². The predicted octanol–water partition coefficient (Wildman–Crippen LogP) is 1.94. The SMILES string of the molecule is Cc1cc(C(C#N)OCCO)c(C)s1. The molecule has 0 aliphatic heterocycles. The fraction of sp³-hybridized carbons (Fsp3) is 0.500. The van der Waals surface area contributed by atoms with Crippen molar-refractivity contribution in [3.8, 4) is 6.07 Å². The molecule has 0 aliphatic carbocycles. The Morgan fingerprint density at radius 2 is 2.36 bits per heavy atom. The number of hydrogen-bond acceptors (Lipinski definition) is 4. The number of aryl methyl sites for hydroxylation is 2. The minimum absolute atomic E-state index is 0.0552.